The van der Waals surface area contributed by atoms with Gasteiger partial charge in [0.05, 0.1) is 22.2 Å². The van der Waals surface area contributed by atoms with Crippen LogP contribution in [0.25, 0.3) is 0 Å². The highest BCUT2D eigenvalue weighted by molar-refractivity contribution is 6.42. The Morgan fingerprint density at radius 3 is 2.19 bits per heavy atom. The van der Waals surface area contributed by atoms with Gasteiger partial charge in [-0.25, -0.2) is 4.79 Å². The van der Waals surface area contributed by atoms with Crippen molar-refractivity contribution in [1.29, 1.82) is 0 Å². The topological polar surface area (TPSA) is 69.6 Å². The van der Waals surface area contributed by atoms with Crippen molar-refractivity contribution < 1.29 is 14.7 Å². The quantitative estimate of drug-likeness (QED) is 0.826. The first kappa shape index (κ1) is 17.9. The van der Waals surface area contributed by atoms with Crippen molar-refractivity contribution in [3.63, 3.8) is 0 Å². The number of nitrogens with one attached hydrogen (secondary N) is 1. The SMILES string of the molecule is CC(C)N(CCC(=O)O)C(=O)Nc1c(Cl)cc(Cl)cc1Cl. The van der Waals surface area contributed by atoms with Crippen LogP contribution < -0.4 is 5.32 Å². The fraction of sp³-hybridized carbons (Fsp3) is 0.385. The number of nitrogens with zero attached hydrogens (tertiary/aromatic N) is 1. The Labute approximate surface area is 137 Å². The standard InChI is InChI=1S/C13H15Cl3N2O3/c1-7(2)18(4-3-11(19)20)13(21)17-12-9(15)5-8(14)6-10(12)16/h5-7H,3-4H2,1-2H3,(H,17,21)(H,19,20). The molecular weight excluding hydrogens is 339 g/mol. The summed E-state index contributed by atoms with van der Waals surface area (Å²) in [6.45, 7) is 3.65. The Morgan fingerprint density at radius 2 is 1.76 bits per heavy atom. The first-order chi connectivity index (χ1) is 9.72. The number of hydrogen-bond acceptors (Lipinski definition) is 2. The lowest BCUT2D eigenvalue weighted by Crippen LogP contribution is -2.41. The summed E-state index contributed by atoms with van der Waals surface area (Å²) in [7, 11) is 0. The van der Waals surface area contributed by atoms with E-state index in [1.807, 2.05) is 0 Å². The van der Waals surface area contributed by atoms with Gasteiger partial charge in [-0.15, -0.1) is 0 Å². The summed E-state index contributed by atoms with van der Waals surface area (Å²) in [5.74, 6) is -0.976. The molecule has 0 spiro atoms. The van der Waals surface area contributed by atoms with E-state index < -0.39 is 12.0 Å². The third-order valence-electron chi connectivity index (χ3n) is 2.69. The Morgan fingerprint density at radius 1 is 1.24 bits per heavy atom. The lowest BCUT2D eigenvalue weighted by atomic mass is 10.3. The number of carbonyl (C=O) groups excluding carboxylic acids is 1. The number of rotatable bonds is 5. The summed E-state index contributed by atoms with van der Waals surface area (Å²) in [5.41, 5.74) is 0.244. The molecule has 0 unspecified atom stereocenters. The van der Waals surface area contributed by atoms with Gasteiger partial charge in [-0.3, -0.25) is 4.79 Å². The van der Waals surface area contributed by atoms with Crippen molar-refractivity contribution in [2.45, 2.75) is 26.3 Å². The number of benzene rings is 1. The van der Waals surface area contributed by atoms with Crippen LogP contribution in [-0.2, 0) is 4.79 Å². The number of carboxylic acids is 1. The van der Waals surface area contributed by atoms with Crippen molar-refractivity contribution in [1.82, 2.24) is 4.90 Å². The predicted octanol–water partition coefficient (Wildman–Crippen LogP) is 4.36. The minimum Gasteiger partial charge on any atom is -0.481 e. The first-order valence-electron chi connectivity index (χ1n) is 6.16. The van der Waals surface area contributed by atoms with Gasteiger partial charge in [-0.1, -0.05) is 34.8 Å². The van der Waals surface area contributed by atoms with Crippen LogP contribution >= 0.6 is 34.8 Å². The molecule has 0 aliphatic carbocycles. The number of amides is 2. The highest BCUT2D eigenvalue weighted by atomic mass is 35.5. The highest BCUT2D eigenvalue weighted by Crippen LogP contribution is 2.33. The summed E-state index contributed by atoms with van der Waals surface area (Å²) in [6, 6.07) is 2.27. The molecule has 2 amide bonds. The zero-order valence-electron chi connectivity index (χ0n) is 11.5. The summed E-state index contributed by atoms with van der Waals surface area (Å²) in [6.07, 6.45) is -0.145. The Kier molecular flexibility index (Phi) is 6.58. The average molecular weight is 354 g/mol. The van der Waals surface area contributed by atoms with Gasteiger partial charge in [0.25, 0.3) is 0 Å². The summed E-state index contributed by atoms with van der Waals surface area (Å²) < 4.78 is 0. The minimum absolute atomic E-state index is 0.0850. The van der Waals surface area contributed by atoms with E-state index in [1.54, 1.807) is 13.8 Å². The van der Waals surface area contributed by atoms with Gasteiger partial charge in [0.1, 0.15) is 0 Å². The fourth-order valence-electron chi connectivity index (χ4n) is 1.65. The van der Waals surface area contributed by atoms with Crippen LogP contribution in [0.5, 0.6) is 0 Å². The van der Waals surface area contributed by atoms with Crippen LogP contribution in [0.2, 0.25) is 15.1 Å². The van der Waals surface area contributed by atoms with E-state index in [2.05, 4.69) is 5.32 Å². The van der Waals surface area contributed by atoms with Gasteiger partial charge in [0.2, 0.25) is 0 Å². The lowest BCUT2D eigenvalue weighted by Gasteiger charge is -2.26. The summed E-state index contributed by atoms with van der Waals surface area (Å²) >= 11 is 17.8. The van der Waals surface area contributed by atoms with Crippen LogP contribution in [0.1, 0.15) is 20.3 Å². The van der Waals surface area contributed by atoms with Crippen LogP contribution in [0.4, 0.5) is 10.5 Å². The zero-order valence-corrected chi connectivity index (χ0v) is 13.8. The van der Waals surface area contributed by atoms with E-state index >= 15 is 0 Å². The van der Waals surface area contributed by atoms with E-state index in [4.69, 9.17) is 39.9 Å². The molecule has 1 aromatic rings. The third kappa shape index (κ3) is 5.26. The molecule has 1 aromatic carbocycles. The molecule has 8 heteroatoms. The Balaban J connectivity index is 2.89. The highest BCUT2D eigenvalue weighted by Gasteiger charge is 2.20. The smallest absolute Gasteiger partial charge is 0.322 e. The molecular formula is C13H15Cl3N2O3. The number of anilines is 1. The van der Waals surface area contributed by atoms with Crippen LogP contribution in [0.3, 0.4) is 0 Å². The van der Waals surface area contributed by atoms with Gasteiger partial charge >= 0.3 is 12.0 Å². The zero-order chi connectivity index (χ0) is 16.2. The number of carbonyl (C=O) groups is 2. The Hall–Kier alpha value is -1.17. The van der Waals surface area contributed by atoms with Crippen LogP contribution in [-0.4, -0.2) is 34.6 Å². The molecule has 0 bridgehead atoms. The largest absolute Gasteiger partial charge is 0.481 e. The molecule has 0 saturated heterocycles. The number of aliphatic carboxylic acids is 1. The van der Waals surface area contributed by atoms with E-state index in [0.717, 1.165) is 0 Å². The molecule has 0 fully saturated rings. The molecule has 0 saturated carbocycles. The number of urea groups is 1. The van der Waals surface area contributed by atoms with Crippen molar-refractivity contribution in [3.8, 4) is 0 Å². The molecule has 116 valence electrons. The average Bonchev–Trinajstić information content (AvgIpc) is 2.33. The second-order valence-electron chi connectivity index (χ2n) is 4.61. The second kappa shape index (κ2) is 7.73. The van der Waals surface area contributed by atoms with E-state index in [9.17, 15) is 9.59 Å². The van der Waals surface area contributed by atoms with Crippen molar-refractivity contribution in [2.24, 2.45) is 0 Å². The second-order valence-corrected chi connectivity index (χ2v) is 5.86. The molecule has 0 radical (unpaired) electrons. The molecule has 21 heavy (non-hydrogen) atoms. The maximum atomic E-state index is 12.2. The van der Waals surface area contributed by atoms with Crippen molar-refractivity contribution >= 4 is 52.5 Å². The van der Waals surface area contributed by atoms with Crippen LogP contribution in [0, 0.1) is 0 Å². The van der Waals surface area contributed by atoms with Gasteiger partial charge in [-0.05, 0) is 26.0 Å². The van der Waals surface area contributed by atoms with E-state index in [-0.39, 0.29) is 34.7 Å². The maximum Gasteiger partial charge on any atom is 0.322 e. The van der Waals surface area contributed by atoms with E-state index in [0.29, 0.717) is 5.02 Å². The monoisotopic (exact) mass is 352 g/mol. The number of carboxylic acid groups (broad SMARTS) is 1. The molecule has 0 heterocycles. The molecule has 0 atom stereocenters. The fourth-order valence-corrected chi connectivity index (χ4v) is 2.56. The molecule has 2 N–H and O–H groups in total. The normalized spacial score (nSPS) is 10.6. The van der Waals surface area contributed by atoms with Gasteiger partial charge < -0.3 is 15.3 Å². The lowest BCUT2D eigenvalue weighted by molar-refractivity contribution is -0.137. The molecule has 0 aliphatic heterocycles. The maximum absolute atomic E-state index is 12.2. The van der Waals surface area contributed by atoms with E-state index in [1.165, 1.54) is 17.0 Å². The number of hydrogen-bond donors (Lipinski definition) is 2. The first-order valence-corrected chi connectivity index (χ1v) is 7.29. The minimum atomic E-state index is -0.976. The molecule has 5 nitrogen and oxygen atoms in total. The van der Waals surface area contributed by atoms with Gasteiger partial charge in [0.15, 0.2) is 0 Å². The van der Waals surface area contributed by atoms with Gasteiger partial charge in [-0.2, -0.15) is 0 Å². The predicted molar refractivity (Wildman–Crippen MR) is 84.6 cm³/mol. The Bertz CT molecular complexity index is 526. The number of halogens is 3. The summed E-state index contributed by atoms with van der Waals surface area (Å²) in [5, 5.41) is 12.1. The third-order valence-corrected chi connectivity index (χ3v) is 3.50. The molecule has 0 aromatic heterocycles. The van der Waals surface area contributed by atoms with Crippen molar-refractivity contribution in [2.75, 3.05) is 11.9 Å². The molecule has 1 rings (SSSR count). The molecule has 0 aliphatic rings. The van der Waals surface area contributed by atoms with Gasteiger partial charge in [0, 0.05) is 17.6 Å². The summed E-state index contributed by atoms with van der Waals surface area (Å²) in [4.78, 5) is 24.2. The van der Waals surface area contributed by atoms with Crippen molar-refractivity contribution in [3.05, 3.63) is 27.2 Å². The van der Waals surface area contributed by atoms with Crippen LogP contribution in [0.15, 0.2) is 12.1 Å².